The van der Waals surface area contributed by atoms with Gasteiger partial charge in [-0.3, -0.25) is 4.79 Å². The van der Waals surface area contributed by atoms with E-state index in [1.807, 2.05) is 20.8 Å². The van der Waals surface area contributed by atoms with E-state index in [4.69, 9.17) is 18.9 Å². The van der Waals surface area contributed by atoms with Gasteiger partial charge in [-0.15, -0.1) is 0 Å². The third-order valence-electron chi connectivity index (χ3n) is 7.67. The van der Waals surface area contributed by atoms with Crippen LogP contribution in [0.3, 0.4) is 0 Å². The van der Waals surface area contributed by atoms with Gasteiger partial charge in [-0.25, -0.2) is 14.4 Å². The lowest BCUT2D eigenvalue weighted by Gasteiger charge is -2.37. The van der Waals surface area contributed by atoms with Crippen LogP contribution >= 0.6 is 0 Å². The highest BCUT2D eigenvalue weighted by atomic mass is 16.6. The molecule has 1 aliphatic rings. The summed E-state index contributed by atoms with van der Waals surface area (Å²) in [5.74, 6) is -1.68. The smallest absolute Gasteiger partial charge is 0.475 e. The zero-order valence-electron chi connectivity index (χ0n) is 31.0. The van der Waals surface area contributed by atoms with E-state index >= 15 is 0 Å². The third-order valence-corrected chi connectivity index (χ3v) is 7.67. The minimum atomic E-state index is -1.86. The maximum absolute atomic E-state index is 13.2. The first-order valence-electron chi connectivity index (χ1n) is 17.1. The number of hydrogen-bond acceptors (Lipinski definition) is 10. The number of carbonyl (C=O) groups excluding carboxylic acids is 4. The summed E-state index contributed by atoms with van der Waals surface area (Å²) in [6, 6.07) is 4.82. The van der Waals surface area contributed by atoms with Crippen molar-refractivity contribution in [1.29, 1.82) is 0 Å². The summed E-state index contributed by atoms with van der Waals surface area (Å²) in [4.78, 5) is 52.8. The van der Waals surface area contributed by atoms with E-state index in [2.05, 4.69) is 10.6 Å². The fraction of sp³-hybridized carbons (Fsp3) is 0.714. The van der Waals surface area contributed by atoms with Crippen molar-refractivity contribution >= 4 is 31.2 Å². The van der Waals surface area contributed by atoms with Crippen molar-refractivity contribution in [2.75, 3.05) is 20.2 Å². The Bertz CT molecular complexity index is 1260. The van der Waals surface area contributed by atoms with Gasteiger partial charge in [0.2, 0.25) is 5.91 Å². The fourth-order valence-electron chi connectivity index (χ4n) is 5.63. The van der Waals surface area contributed by atoms with Crippen LogP contribution in [-0.4, -0.2) is 95.1 Å². The van der Waals surface area contributed by atoms with Crippen LogP contribution in [0, 0.1) is 5.92 Å². The summed E-state index contributed by atoms with van der Waals surface area (Å²) >= 11 is 0. The monoisotopic (exact) mass is 691 g/mol. The molecule has 14 heteroatoms. The molecule has 1 atom stereocenters. The number of nitrogens with one attached hydrogen (secondary N) is 2. The highest BCUT2D eigenvalue weighted by Crippen LogP contribution is 2.31. The maximum atomic E-state index is 13.2. The standard InChI is InChI=1S/C35H58BN3O10/c1-33(2,3)47-30(41)26-14-11-13-24(29(26)46-10)22-27(36(44)45)38-28(40)21-23-15-17-25(18-16-23)39(32(43)49-35(7,8)9)20-12-19-37-31(42)48-34(4,5)6/h11,13-14,23,25,27,44-45H,12,15-22H2,1-10H3,(H,37,42)(H,38,40). The number of ether oxygens (including phenoxy) is 4. The van der Waals surface area contributed by atoms with E-state index in [-0.39, 0.29) is 42.0 Å². The van der Waals surface area contributed by atoms with Crippen LogP contribution in [0.15, 0.2) is 18.2 Å². The van der Waals surface area contributed by atoms with Gasteiger partial charge in [-0.1, -0.05) is 12.1 Å². The summed E-state index contributed by atoms with van der Waals surface area (Å²) in [7, 11) is -0.446. The zero-order valence-corrected chi connectivity index (χ0v) is 31.0. The molecule has 1 fully saturated rings. The van der Waals surface area contributed by atoms with E-state index in [0.717, 1.165) is 0 Å². The molecule has 1 aliphatic carbocycles. The SMILES string of the molecule is COc1c(CC(NC(=O)CC2CCC(N(CCCNC(=O)OC(C)(C)C)C(=O)OC(C)(C)C)CC2)B(O)O)cccc1C(=O)OC(C)(C)C. The summed E-state index contributed by atoms with van der Waals surface area (Å²) in [5, 5.41) is 25.8. The average Bonchev–Trinajstić information content (AvgIpc) is 2.94. The van der Waals surface area contributed by atoms with Crippen molar-refractivity contribution < 1.29 is 48.2 Å². The molecular weight excluding hydrogens is 633 g/mol. The first-order valence-corrected chi connectivity index (χ1v) is 17.1. The van der Waals surface area contributed by atoms with Gasteiger partial charge in [0.05, 0.1) is 13.1 Å². The Hall–Kier alpha value is -3.52. The Morgan fingerprint density at radius 2 is 1.49 bits per heavy atom. The number of carbonyl (C=O) groups is 4. The molecular formula is C35H58BN3O10. The van der Waals surface area contributed by atoms with Gasteiger partial charge in [-0.2, -0.15) is 0 Å². The van der Waals surface area contributed by atoms with Gasteiger partial charge in [0, 0.05) is 25.6 Å². The highest BCUT2D eigenvalue weighted by Gasteiger charge is 2.34. The van der Waals surface area contributed by atoms with Crippen molar-refractivity contribution in [1.82, 2.24) is 15.5 Å². The second-order valence-electron chi connectivity index (χ2n) is 15.6. The molecule has 1 aromatic rings. The van der Waals surface area contributed by atoms with Gasteiger partial charge in [-0.05, 0) is 118 Å². The Morgan fingerprint density at radius 1 is 0.898 bits per heavy atom. The van der Waals surface area contributed by atoms with Crippen molar-refractivity contribution in [2.24, 2.45) is 5.92 Å². The van der Waals surface area contributed by atoms with E-state index < -0.39 is 48.0 Å². The van der Waals surface area contributed by atoms with Crippen molar-refractivity contribution in [2.45, 2.75) is 136 Å². The lowest BCUT2D eigenvalue weighted by Crippen LogP contribution is -2.49. The number of benzene rings is 1. The topological polar surface area (TPSA) is 173 Å². The van der Waals surface area contributed by atoms with E-state index in [1.54, 1.807) is 64.6 Å². The van der Waals surface area contributed by atoms with E-state index in [0.29, 0.717) is 50.8 Å². The molecule has 0 heterocycles. The van der Waals surface area contributed by atoms with Crippen molar-refractivity contribution in [3.05, 3.63) is 29.3 Å². The fourth-order valence-corrected chi connectivity index (χ4v) is 5.63. The number of esters is 1. The lowest BCUT2D eigenvalue weighted by molar-refractivity contribution is -0.122. The highest BCUT2D eigenvalue weighted by molar-refractivity contribution is 6.43. The van der Waals surface area contributed by atoms with Crippen LogP contribution in [0.2, 0.25) is 0 Å². The van der Waals surface area contributed by atoms with Crippen LogP contribution in [0.1, 0.15) is 117 Å². The number of amides is 3. The Kier molecular flexibility index (Phi) is 15.2. The summed E-state index contributed by atoms with van der Waals surface area (Å²) in [6.45, 7) is 16.8. The summed E-state index contributed by atoms with van der Waals surface area (Å²) in [5.41, 5.74) is -1.29. The Morgan fingerprint density at radius 3 is 2.02 bits per heavy atom. The second-order valence-corrected chi connectivity index (χ2v) is 15.6. The lowest BCUT2D eigenvalue weighted by atomic mass is 9.75. The largest absolute Gasteiger partial charge is 0.496 e. The molecule has 3 amide bonds. The Labute approximate surface area is 291 Å². The molecule has 0 aliphatic heterocycles. The number of hydrogen-bond donors (Lipinski definition) is 4. The quantitative estimate of drug-likeness (QED) is 0.0975. The molecule has 1 unspecified atom stereocenters. The Balaban J connectivity index is 2.01. The molecule has 0 aromatic heterocycles. The summed E-state index contributed by atoms with van der Waals surface area (Å²) in [6.07, 6.45) is 2.46. The molecule has 2 rings (SSSR count). The third kappa shape index (κ3) is 15.3. The molecule has 13 nitrogen and oxygen atoms in total. The minimum Gasteiger partial charge on any atom is -0.496 e. The van der Waals surface area contributed by atoms with Crippen LogP contribution in [0.25, 0.3) is 0 Å². The second kappa shape index (κ2) is 17.9. The van der Waals surface area contributed by atoms with Crippen LogP contribution in [0.5, 0.6) is 5.75 Å². The molecule has 0 bridgehead atoms. The van der Waals surface area contributed by atoms with Gasteiger partial charge in [0.25, 0.3) is 0 Å². The minimum absolute atomic E-state index is 0.00356. The van der Waals surface area contributed by atoms with Gasteiger partial charge in [0.1, 0.15) is 28.1 Å². The molecule has 276 valence electrons. The average molecular weight is 692 g/mol. The molecule has 49 heavy (non-hydrogen) atoms. The van der Waals surface area contributed by atoms with E-state index in [9.17, 15) is 29.2 Å². The van der Waals surface area contributed by atoms with E-state index in [1.165, 1.54) is 7.11 Å². The van der Waals surface area contributed by atoms with Crippen molar-refractivity contribution in [3.63, 3.8) is 0 Å². The number of nitrogens with zero attached hydrogens (tertiary/aromatic N) is 1. The first kappa shape index (κ1) is 41.7. The van der Waals surface area contributed by atoms with Crippen molar-refractivity contribution in [3.8, 4) is 5.75 Å². The van der Waals surface area contributed by atoms with Crippen LogP contribution in [0.4, 0.5) is 9.59 Å². The molecule has 1 aromatic carbocycles. The molecule has 0 saturated heterocycles. The predicted octanol–water partition coefficient (Wildman–Crippen LogP) is 4.79. The molecule has 0 spiro atoms. The van der Waals surface area contributed by atoms with Crippen LogP contribution in [-0.2, 0) is 25.4 Å². The number of rotatable bonds is 13. The first-order chi connectivity index (χ1) is 22.6. The normalized spacial score (nSPS) is 17.3. The van der Waals surface area contributed by atoms with Crippen LogP contribution < -0.4 is 15.4 Å². The number of alkyl carbamates (subject to hydrolysis) is 1. The molecule has 0 radical (unpaired) electrons. The predicted molar refractivity (Wildman–Crippen MR) is 186 cm³/mol. The zero-order chi connectivity index (χ0) is 37.2. The summed E-state index contributed by atoms with van der Waals surface area (Å²) < 4.78 is 22.0. The number of methoxy groups -OCH3 is 1. The van der Waals surface area contributed by atoms with Gasteiger partial charge >= 0.3 is 25.3 Å². The van der Waals surface area contributed by atoms with Gasteiger partial charge in [0.15, 0.2) is 0 Å². The molecule has 1 saturated carbocycles. The maximum Gasteiger partial charge on any atom is 0.475 e. The van der Waals surface area contributed by atoms with Gasteiger partial charge < -0.3 is 44.5 Å². The number of para-hydroxylation sites is 1. The molecule has 4 N–H and O–H groups in total.